The first-order chi connectivity index (χ1) is 18.3. The monoisotopic (exact) mass is 582 g/mol. The first kappa shape index (κ1) is 30.3. The molecule has 2 heterocycles. The molecule has 1 aliphatic rings. The Labute approximate surface area is 235 Å². The van der Waals surface area contributed by atoms with Gasteiger partial charge in [-0.1, -0.05) is 23.7 Å². The lowest BCUT2D eigenvalue weighted by Crippen LogP contribution is -2.64. The third-order valence-electron chi connectivity index (χ3n) is 5.80. The van der Waals surface area contributed by atoms with E-state index in [1.807, 2.05) is 13.8 Å². The van der Waals surface area contributed by atoms with Gasteiger partial charge in [0.25, 0.3) is 0 Å². The first-order valence-corrected chi connectivity index (χ1v) is 13.0. The lowest BCUT2D eigenvalue weighted by Gasteiger charge is -2.45. The molecule has 0 saturated carbocycles. The van der Waals surface area contributed by atoms with E-state index in [1.165, 1.54) is 32.4 Å². The molecule has 1 amide bonds. The van der Waals surface area contributed by atoms with Crippen molar-refractivity contribution in [3.63, 3.8) is 0 Å². The fourth-order valence-electron chi connectivity index (χ4n) is 4.37. The van der Waals surface area contributed by atoms with Gasteiger partial charge in [-0.2, -0.15) is 0 Å². The smallest absolute Gasteiger partial charge is 0.303 e. The van der Waals surface area contributed by atoms with Crippen molar-refractivity contribution in [2.24, 2.45) is 0 Å². The van der Waals surface area contributed by atoms with E-state index in [9.17, 15) is 19.2 Å². The zero-order valence-corrected chi connectivity index (χ0v) is 23.9. The van der Waals surface area contributed by atoms with Crippen LogP contribution in [0.5, 0.6) is 0 Å². The summed E-state index contributed by atoms with van der Waals surface area (Å²) in [4.78, 5) is 48.1. The Kier molecular flexibility index (Phi) is 9.86. The van der Waals surface area contributed by atoms with Gasteiger partial charge in [-0.3, -0.25) is 23.7 Å². The highest BCUT2D eigenvalue weighted by Gasteiger charge is 2.52. The maximum atomic E-state index is 12.3. The molecule has 1 N–H and O–H groups in total. The van der Waals surface area contributed by atoms with E-state index in [-0.39, 0.29) is 17.4 Å². The van der Waals surface area contributed by atoms with Gasteiger partial charge in [0, 0.05) is 39.3 Å². The van der Waals surface area contributed by atoms with Gasteiger partial charge in [0.2, 0.25) is 10.7 Å². The predicted molar refractivity (Wildman–Crippen MR) is 141 cm³/mol. The molecule has 0 unspecified atom stereocenters. The number of carbonyl (C=O) groups is 4. The van der Waals surface area contributed by atoms with E-state index in [4.69, 9.17) is 47.9 Å². The van der Waals surface area contributed by atoms with Crippen molar-refractivity contribution < 1.29 is 38.1 Å². The number of halogens is 1. The number of rotatable bonds is 8. The molecule has 0 radical (unpaired) electrons. The van der Waals surface area contributed by atoms with Crippen LogP contribution in [0.1, 0.15) is 53.8 Å². The minimum Gasteiger partial charge on any atom is -0.463 e. The summed E-state index contributed by atoms with van der Waals surface area (Å²) in [5.74, 6) is -2.05. The first-order valence-electron chi connectivity index (χ1n) is 12.2. The number of amides is 1. The zero-order chi connectivity index (χ0) is 29.0. The third kappa shape index (κ3) is 7.02. The summed E-state index contributed by atoms with van der Waals surface area (Å²) >= 11 is 12.3. The summed E-state index contributed by atoms with van der Waals surface area (Å²) in [5, 5.41) is 7.90. The predicted octanol–water partition coefficient (Wildman–Crippen LogP) is 3.14. The van der Waals surface area contributed by atoms with Crippen molar-refractivity contribution in [1.82, 2.24) is 19.7 Å². The summed E-state index contributed by atoms with van der Waals surface area (Å²) in [5.41, 5.74) is 0.607. The van der Waals surface area contributed by atoms with Gasteiger partial charge in [-0.25, -0.2) is 4.68 Å². The molecule has 0 aliphatic carbocycles. The van der Waals surface area contributed by atoms with E-state index in [0.29, 0.717) is 16.4 Å². The molecular formula is C25H31ClN4O8S. The SMILES string of the molecule is CC(=O)N[C@@H]1[C@@H](OC(C)=O)[C@H](OC(C)=O)[C@@H](COC(C)=O)O[C@H]1n1nc(-c2ccccc2Cl)n(C(C)C)c1=S. The molecule has 3 rings (SSSR count). The maximum absolute atomic E-state index is 12.3. The number of ether oxygens (including phenoxy) is 4. The van der Waals surface area contributed by atoms with Crippen LogP contribution >= 0.6 is 23.8 Å². The summed E-state index contributed by atoms with van der Waals surface area (Å²) < 4.78 is 25.9. The Bertz CT molecular complexity index is 1310. The van der Waals surface area contributed by atoms with Crippen LogP contribution in [0.15, 0.2) is 24.3 Å². The van der Waals surface area contributed by atoms with Crippen LogP contribution in [-0.4, -0.2) is 69.1 Å². The van der Waals surface area contributed by atoms with Crippen LogP contribution in [0, 0.1) is 4.77 Å². The van der Waals surface area contributed by atoms with E-state index in [2.05, 4.69) is 5.32 Å². The number of hydrogen-bond donors (Lipinski definition) is 1. The maximum Gasteiger partial charge on any atom is 0.303 e. The van der Waals surface area contributed by atoms with E-state index < -0.39 is 54.4 Å². The fraction of sp³-hybridized carbons (Fsp3) is 0.520. The normalized spacial score (nSPS) is 22.7. The molecule has 5 atom stereocenters. The van der Waals surface area contributed by atoms with Gasteiger partial charge < -0.3 is 24.3 Å². The molecule has 1 saturated heterocycles. The van der Waals surface area contributed by atoms with Gasteiger partial charge in [0.1, 0.15) is 18.8 Å². The summed E-state index contributed by atoms with van der Waals surface area (Å²) in [7, 11) is 0. The van der Waals surface area contributed by atoms with Crippen molar-refractivity contribution in [3.05, 3.63) is 34.1 Å². The van der Waals surface area contributed by atoms with E-state index >= 15 is 0 Å². The van der Waals surface area contributed by atoms with Gasteiger partial charge in [-0.15, -0.1) is 5.10 Å². The second-order valence-corrected chi connectivity index (χ2v) is 10.0. The topological polar surface area (TPSA) is 140 Å². The van der Waals surface area contributed by atoms with E-state index in [1.54, 1.807) is 28.8 Å². The minimum atomic E-state index is -1.25. The molecular weight excluding hydrogens is 552 g/mol. The van der Waals surface area contributed by atoms with Gasteiger partial charge in [0.15, 0.2) is 24.3 Å². The highest BCUT2D eigenvalue weighted by molar-refractivity contribution is 7.71. The van der Waals surface area contributed by atoms with Crippen molar-refractivity contribution >= 4 is 47.6 Å². The van der Waals surface area contributed by atoms with Crippen molar-refractivity contribution in [2.75, 3.05) is 6.61 Å². The highest BCUT2D eigenvalue weighted by atomic mass is 35.5. The molecule has 39 heavy (non-hydrogen) atoms. The number of esters is 3. The Morgan fingerprint density at radius 3 is 2.21 bits per heavy atom. The summed E-state index contributed by atoms with van der Waals surface area (Å²) in [6.45, 7) is 8.31. The van der Waals surface area contributed by atoms with Crippen LogP contribution < -0.4 is 5.32 Å². The second kappa shape index (κ2) is 12.7. The summed E-state index contributed by atoms with van der Waals surface area (Å²) in [6, 6.07) is 5.84. The molecule has 1 fully saturated rings. The molecule has 12 nitrogen and oxygen atoms in total. The standard InChI is InChI=1S/C25H31ClN4O8S/c1-12(2)29-23(17-9-7-8-10-18(17)26)28-30(25(29)39)24-20(27-13(3)31)22(37-16(6)34)21(36-15(5)33)19(38-24)11-35-14(4)32/h7-10,12,19-22,24H,11H2,1-6H3,(H,27,31)/t19-,20-,21-,22-,24-/m1/s1. The zero-order valence-electron chi connectivity index (χ0n) is 22.4. The van der Waals surface area contributed by atoms with Gasteiger partial charge in [-0.05, 0) is 38.2 Å². The number of nitrogens with zero attached hydrogens (tertiary/aromatic N) is 3. The molecule has 2 aromatic rings. The van der Waals surface area contributed by atoms with Gasteiger partial charge >= 0.3 is 17.9 Å². The minimum absolute atomic E-state index is 0.157. The number of carbonyl (C=O) groups excluding carboxylic acids is 4. The van der Waals surface area contributed by atoms with Crippen LogP contribution in [0.3, 0.4) is 0 Å². The number of hydrogen-bond acceptors (Lipinski definition) is 10. The molecule has 1 aromatic heterocycles. The molecule has 1 aliphatic heterocycles. The quantitative estimate of drug-likeness (QED) is 0.280. The lowest BCUT2D eigenvalue weighted by molar-refractivity contribution is -0.239. The molecule has 0 spiro atoms. The van der Waals surface area contributed by atoms with Crippen LogP contribution in [0.4, 0.5) is 0 Å². The number of aromatic nitrogens is 3. The number of benzene rings is 1. The molecule has 0 bridgehead atoms. The van der Waals surface area contributed by atoms with Crippen LogP contribution in [0.2, 0.25) is 5.02 Å². The average Bonchev–Trinajstić information content (AvgIpc) is 3.16. The fourth-order valence-corrected chi connectivity index (χ4v) is 5.03. The van der Waals surface area contributed by atoms with Crippen molar-refractivity contribution in [1.29, 1.82) is 0 Å². The lowest BCUT2D eigenvalue weighted by atomic mass is 9.95. The summed E-state index contributed by atoms with van der Waals surface area (Å²) in [6.07, 6.45) is -4.75. The Morgan fingerprint density at radius 1 is 1.05 bits per heavy atom. The Hall–Kier alpha value is -3.29. The van der Waals surface area contributed by atoms with Crippen molar-refractivity contribution in [3.8, 4) is 11.4 Å². The molecule has 212 valence electrons. The van der Waals surface area contributed by atoms with Crippen molar-refractivity contribution in [2.45, 2.75) is 78.2 Å². The largest absolute Gasteiger partial charge is 0.463 e. The Morgan fingerprint density at radius 2 is 1.67 bits per heavy atom. The van der Waals surface area contributed by atoms with Gasteiger partial charge in [0.05, 0.1) is 5.02 Å². The van der Waals surface area contributed by atoms with Crippen LogP contribution in [0.25, 0.3) is 11.4 Å². The highest BCUT2D eigenvalue weighted by Crippen LogP contribution is 2.35. The third-order valence-corrected chi connectivity index (χ3v) is 6.51. The Balaban J connectivity index is 2.24. The second-order valence-electron chi connectivity index (χ2n) is 9.24. The van der Waals surface area contributed by atoms with Crippen LogP contribution in [-0.2, 0) is 38.1 Å². The number of nitrogens with one attached hydrogen (secondary N) is 1. The van der Waals surface area contributed by atoms with E-state index in [0.717, 1.165) is 0 Å². The molecule has 1 aromatic carbocycles. The average molecular weight is 583 g/mol. The molecule has 14 heteroatoms.